The van der Waals surface area contributed by atoms with Gasteiger partial charge in [0.05, 0.1) is 17.8 Å². The van der Waals surface area contributed by atoms with Crippen LogP contribution in [0.5, 0.6) is 0 Å². The minimum Gasteiger partial charge on any atom is -0.351 e. The Labute approximate surface area is 198 Å². The molecule has 0 saturated carbocycles. The molecule has 0 aliphatic carbocycles. The Kier molecular flexibility index (Phi) is 5.46. The third-order valence-electron chi connectivity index (χ3n) is 6.52. The summed E-state index contributed by atoms with van der Waals surface area (Å²) < 4.78 is 16.0. The Morgan fingerprint density at radius 2 is 1.55 bits per heavy atom. The first-order valence-corrected chi connectivity index (χ1v) is 11.4. The van der Waals surface area contributed by atoms with Crippen LogP contribution in [0.2, 0.25) is 0 Å². The molecule has 166 valence electrons. The molecule has 1 aliphatic heterocycles. The molecule has 1 fully saturated rings. The Morgan fingerprint density at radius 3 is 2.21 bits per heavy atom. The molecule has 4 nitrogen and oxygen atoms in total. The Hall–Kier alpha value is -3.51. The lowest BCUT2D eigenvalue weighted by molar-refractivity contribution is 0.563. The van der Waals surface area contributed by atoms with Crippen LogP contribution in [0.4, 0.5) is 10.1 Å². The van der Waals surface area contributed by atoms with Crippen LogP contribution in [0.25, 0.3) is 5.69 Å². The first kappa shape index (κ1) is 21.3. The molecule has 33 heavy (non-hydrogen) atoms. The number of para-hydroxylation sites is 1. The predicted octanol–water partition coefficient (Wildman–Crippen LogP) is 6.11. The van der Waals surface area contributed by atoms with E-state index in [1.54, 1.807) is 18.3 Å². The van der Waals surface area contributed by atoms with Gasteiger partial charge < -0.3 is 14.8 Å². The Morgan fingerprint density at radius 1 is 0.848 bits per heavy atom. The minimum atomic E-state index is -0.270. The van der Waals surface area contributed by atoms with E-state index in [-0.39, 0.29) is 17.9 Å². The van der Waals surface area contributed by atoms with Crippen LogP contribution >= 0.6 is 12.2 Å². The maximum atomic E-state index is 13.7. The number of hydrogen-bond donors (Lipinski definition) is 1. The van der Waals surface area contributed by atoms with Crippen molar-refractivity contribution in [3.63, 3.8) is 0 Å². The Bertz CT molecular complexity index is 1300. The van der Waals surface area contributed by atoms with Gasteiger partial charge in [0.2, 0.25) is 0 Å². The van der Waals surface area contributed by atoms with Crippen molar-refractivity contribution in [3.8, 4) is 5.69 Å². The van der Waals surface area contributed by atoms with E-state index >= 15 is 0 Å². The fourth-order valence-electron chi connectivity index (χ4n) is 4.93. The van der Waals surface area contributed by atoms with Crippen molar-refractivity contribution in [2.75, 3.05) is 4.90 Å². The SMILES string of the molecule is Cc1c([C@H]2[C@@H](c3ccccn3)NC(=S)N2c2ccc(F)cc2)c(C)n(-c2ccccc2)c1C. The summed E-state index contributed by atoms with van der Waals surface area (Å²) in [7, 11) is 0. The van der Waals surface area contributed by atoms with Crippen molar-refractivity contribution in [3.05, 3.63) is 113 Å². The van der Waals surface area contributed by atoms with Gasteiger partial charge in [-0.15, -0.1) is 0 Å². The zero-order chi connectivity index (χ0) is 23.1. The topological polar surface area (TPSA) is 33.1 Å². The van der Waals surface area contributed by atoms with Gasteiger partial charge in [0.15, 0.2) is 5.11 Å². The van der Waals surface area contributed by atoms with E-state index in [1.807, 2.05) is 24.3 Å². The fourth-order valence-corrected chi connectivity index (χ4v) is 5.28. The Balaban J connectivity index is 1.72. The van der Waals surface area contributed by atoms with Gasteiger partial charge in [-0.25, -0.2) is 4.39 Å². The molecule has 1 saturated heterocycles. The lowest BCUT2D eigenvalue weighted by Crippen LogP contribution is -2.29. The van der Waals surface area contributed by atoms with E-state index in [1.165, 1.54) is 29.0 Å². The number of rotatable bonds is 4. The standard InChI is InChI=1S/C27H25FN4S/c1-17-18(2)31(21-9-5-4-6-10-21)19(3)24(17)26-25(23-11-7-8-16-29-23)30-27(33)32(26)22-14-12-20(28)13-15-22/h4-16,25-26H,1-3H3,(H,30,33)/t25-,26+/m1/s1. The van der Waals surface area contributed by atoms with Gasteiger partial charge in [0.25, 0.3) is 0 Å². The normalized spacial score (nSPS) is 17.9. The van der Waals surface area contributed by atoms with Crippen LogP contribution in [0, 0.1) is 26.6 Å². The van der Waals surface area contributed by atoms with E-state index in [0.717, 1.165) is 22.8 Å². The largest absolute Gasteiger partial charge is 0.351 e. The zero-order valence-electron chi connectivity index (χ0n) is 18.8. The maximum absolute atomic E-state index is 13.7. The summed E-state index contributed by atoms with van der Waals surface area (Å²) in [5, 5.41) is 4.10. The summed E-state index contributed by atoms with van der Waals surface area (Å²) in [6.07, 6.45) is 1.80. The van der Waals surface area contributed by atoms with Crippen molar-refractivity contribution in [1.82, 2.24) is 14.9 Å². The summed E-state index contributed by atoms with van der Waals surface area (Å²) in [6.45, 7) is 6.47. The van der Waals surface area contributed by atoms with Gasteiger partial charge in [-0.05, 0) is 87.1 Å². The second-order valence-corrected chi connectivity index (χ2v) is 8.74. The molecule has 1 N–H and O–H groups in total. The van der Waals surface area contributed by atoms with Crippen molar-refractivity contribution in [2.45, 2.75) is 32.9 Å². The average molecular weight is 457 g/mol. The smallest absolute Gasteiger partial charge is 0.174 e. The van der Waals surface area contributed by atoms with Crippen molar-refractivity contribution in [2.24, 2.45) is 0 Å². The molecule has 4 aromatic rings. The van der Waals surface area contributed by atoms with Gasteiger partial charge in [0, 0.05) is 34.5 Å². The summed E-state index contributed by atoms with van der Waals surface area (Å²) >= 11 is 5.82. The van der Waals surface area contributed by atoms with Gasteiger partial charge >= 0.3 is 0 Å². The number of benzene rings is 2. The highest BCUT2D eigenvalue weighted by molar-refractivity contribution is 7.80. The second kappa shape index (κ2) is 8.45. The van der Waals surface area contributed by atoms with Crippen LogP contribution in [-0.2, 0) is 0 Å². The van der Waals surface area contributed by atoms with Gasteiger partial charge in [0.1, 0.15) is 5.82 Å². The summed E-state index contributed by atoms with van der Waals surface area (Å²) in [6, 6.07) is 22.5. The number of pyridine rings is 1. The molecule has 2 aromatic heterocycles. The van der Waals surface area contributed by atoms with Gasteiger partial charge in [-0.1, -0.05) is 24.3 Å². The van der Waals surface area contributed by atoms with Crippen LogP contribution in [0.15, 0.2) is 79.0 Å². The molecule has 0 spiro atoms. The quantitative estimate of drug-likeness (QED) is 0.376. The van der Waals surface area contributed by atoms with E-state index in [9.17, 15) is 4.39 Å². The third-order valence-corrected chi connectivity index (χ3v) is 6.83. The minimum absolute atomic E-state index is 0.137. The highest BCUT2D eigenvalue weighted by atomic mass is 32.1. The highest BCUT2D eigenvalue weighted by Crippen LogP contribution is 2.45. The molecule has 1 aliphatic rings. The van der Waals surface area contributed by atoms with Crippen LogP contribution in [-0.4, -0.2) is 14.7 Å². The first-order valence-electron chi connectivity index (χ1n) is 11.0. The molecule has 2 aromatic carbocycles. The summed E-state index contributed by atoms with van der Waals surface area (Å²) in [5.41, 5.74) is 7.63. The lowest BCUT2D eigenvalue weighted by atomic mass is 9.93. The molecular weight excluding hydrogens is 431 g/mol. The maximum Gasteiger partial charge on any atom is 0.174 e. The molecule has 0 radical (unpaired) electrons. The molecule has 0 bridgehead atoms. The van der Waals surface area contributed by atoms with Crippen LogP contribution in [0.3, 0.4) is 0 Å². The predicted molar refractivity (Wildman–Crippen MR) is 134 cm³/mol. The number of hydrogen-bond acceptors (Lipinski definition) is 2. The van der Waals surface area contributed by atoms with E-state index < -0.39 is 0 Å². The molecule has 0 unspecified atom stereocenters. The van der Waals surface area contributed by atoms with E-state index in [2.05, 4.69) is 64.8 Å². The van der Waals surface area contributed by atoms with E-state index in [4.69, 9.17) is 12.2 Å². The van der Waals surface area contributed by atoms with E-state index in [0.29, 0.717) is 5.11 Å². The molecular formula is C27H25FN4S. The number of thiocarbonyl (C=S) groups is 1. The van der Waals surface area contributed by atoms with Crippen LogP contribution < -0.4 is 10.2 Å². The number of nitrogens with one attached hydrogen (secondary N) is 1. The fraction of sp³-hybridized carbons (Fsp3) is 0.185. The summed E-state index contributed by atoms with van der Waals surface area (Å²) in [4.78, 5) is 6.74. The number of nitrogens with zero attached hydrogens (tertiary/aromatic N) is 3. The lowest BCUT2D eigenvalue weighted by Gasteiger charge is -2.29. The second-order valence-electron chi connectivity index (χ2n) is 8.35. The van der Waals surface area contributed by atoms with Crippen molar-refractivity contribution < 1.29 is 4.39 Å². The molecule has 2 atom stereocenters. The number of halogens is 1. The third kappa shape index (κ3) is 3.60. The first-order chi connectivity index (χ1) is 16.0. The van der Waals surface area contributed by atoms with Crippen molar-refractivity contribution >= 4 is 23.0 Å². The van der Waals surface area contributed by atoms with Crippen LogP contribution in [0.1, 0.15) is 40.3 Å². The zero-order valence-corrected chi connectivity index (χ0v) is 19.6. The molecule has 0 amide bonds. The van der Waals surface area contributed by atoms with Gasteiger partial charge in [-0.3, -0.25) is 4.98 Å². The monoisotopic (exact) mass is 456 g/mol. The number of aromatic nitrogens is 2. The molecule has 3 heterocycles. The highest BCUT2D eigenvalue weighted by Gasteiger charge is 2.43. The average Bonchev–Trinajstić information content (AvgIpc) is 3.28. The summed E-state index contributed by atoms with van der Waals surface area (Å²) in [5.74, 6) is -0.270. The molecule has 5 rings (SSSR count). The van der Waals surface area contributed by atoms with Gasteiger partial charge in [-0.2, -0.15) is 0 Å². The van der Waals surface area contributed by atoms with Crippen molar-refractivity contribution in [1.29, 1.82) is 0 Å². The molecule has 6 heteroatoms. The number of anilines is 1.